The molecule has 0 aliphatic carbocycles. The van der Waals surface area contributed by atoms with Crippen LogP contribution in [-0.2, 0) is 14.4 Å². The quantitative estimate of drug-likeness (QED) is 0.452. The van der Waals surface area contributed by atoms with Gasteiger partial charge in [0, 0.05) is 13.0 Å². The van der Waals surface area contributed by atoms with Crippen LogP contribution in [-0.4, -0.2) is 35.5 Å². The average molecular weight is 273 g/mol. The fourth-order valence-electron chi connectivity index (χ4n) is 1.53. The molecule has 0 bridgehead atoms. The molecule has 19 heavy (non-hydrogen) atoms. The lowest BCUT2D eigenvalue weighted by Crippen LogP contribution is -2.43. The van der Waals surface area contributed by atoms with Crippen LogP contribution in [0.15, 0.2) is 0 Å². The van der Waals surface area contributed by atoms with E-state index in [4.69, 9.17) is 16.6 Å². The van der Waals surface area contributed by atoms with E-state index in [1.807, 2.05) is 13.8 Å². The second-order valence-corrected chi connectivity index (χ2v) is 5.38. The molecule has 0 fully saturated rings. The third-order valence-corrected chi connectivity index (χ3v) is 2.87. The van der Waals surface area contributed by atoms with E-state index in [0.717, 1.165) is 0 Å². The minimum absolute atomic E-state index is 0.0993. The molecular weight excluding hydrogens is 250 g/mol. The maximum atomic E-state index is 11.5. The number of aliphatic carboxylic acids is 1. The zero-order chi connectivity index (χ0) is 15.1. The number of carbonyl (C=O) groups excluding carboxylic acids is 2. The Kier molecular flexibility index (Phi) is 7.06. The van der Waals surface area contributed by atoms with Crippen LogP contribution in [0.1, 0.15) is 39.5 Å². The van der Waals surface area contributed by atoms with Crippen molar-refractivity contribution in [2.45, 2.75) is 45.6 Å². The van der Waals surface area contributed by atoms with Gasteiger partial charge >= 0.3 is 5.97 Å². The van der Waals surface area contributed by atoms with Crippen molar-refractivity contribution in [2.24, 2.45) is 16.9 Å². The Morgan fingerprint density at radius 2 is 1.84 bits per heavy atom. The number of hydrogen-bond acceptors (Lipinski definition) is 4. The van der Waals surface area contributed by atoms with Gasteiger partial charge in [-0.2, -0.15) is 0 Å². The minimum atomic E-state index is -0.931. The molecule has 6 N–H and O–H groups in total. The Bertz CT molecular complexity index is 342. The molecule has 0 spiro atoms. The number of amides is 2. The molecule has 2 amide bonds. The second-order valence-electron chi connectivity index (χ2n) is 5.38. The largest absolute Gasteiger partial charge is 0.481 e. The fraction of sp³-hybridized carbons (Fsp3) is 0.750. The van der Waals surface area contributed by atoms with E-state index in [0.29, 0.717) is 19.4 Å². The van der Waals surface area contributed by atoms with Gasteiger partial charge in [0.2, 0.25) is 11.8 Å². The van der Waals surface area contributed by atoms with Crippen LogP contribution in [0.2, 0.25) is 0 Å². The average Bonchev–Trinajstić information content (AvgIpc) is 2.25. The summed E-state index contributed by atoms with van der Waals surface area (Å²) in [5, 5.41) is 11.2. The Morgan fingerprint density at radius 3 is 2.32 bits per heavy atom. The first kappa shape index (κ1) is 17.4. The number of nitrogens with one attached hydrogen (secondary N) is 1. The molecular formula is C12H23N3O4. The van der Waals surface area contributed by atoms with Crippen molar-refractivity contribution >= 4 is 17.8 Å². The number of hydrogen-bond donors (Lipinski definition) is 4. The van der Waals surface area contributed by atoms with Crippen molar-refractivity contribution in [3.05, 3.63) is 0 Å². The van der Waals surface area contributed by atoms with Crippen molar-refractivity contribution in [3.8, 4) is 0 Å². The minimum Gasteiger partial charge on any atom is -0.481 e. The van der Waals surface area contributed by atoms with Gasteiger partial charge in [0.15, 0.2) is 0 Å². The van der Waals surface area contributed by atoms with Crippen LogP contribution in [0, 0.1) is 5.41 Å². The maximum Gasteiger partial charge on any atom is 0.303 e. The number of nitrogens with two attached hydrogens (primary N) is 2. The van der Waals surface area contributed by atoms with E-state index in [9.17, 15) is 14.4 Å². The standard InChI is InChI=1S/C12H23N3O4/c1-12(2,4-3-10(17)18)5-6-15-11(19)8(13)7-9(14)16/h8H,3-7,13H2,1-2H3,(H2,14,16)(H,15,19)(H,17,18). The van der Waals surface area contributed by atoms with Crippen molar-refractivity contribution in [2.75, 3.05) is 6.54 Å². The van der Waals surface area contributed by atoms with E-state index >= 15 is 0 Å². The summed E-state index contributed by atoms with van der Waals surface area (Å²) in [7, 11) is 0. The molecule has 1 unspecified atom stereocenters. The zero-order valence-corrected chi connectivity index (χ0v) is 11.4. The van der Waals surface area contributed by atoms with Gasteiger partial charge in [0.25, 0.3) is 0 Å². The first-order valence-electron chi connectivity index (χ1n) is 6.17. The maximum absolute atomic E-state index is 11.5. The van der Waals surface area contributed by atoms with E-state index in [2.05, 4.69) is 5.32 Å². The highest BCUT2D eigenvalue weighted by molar-refractivity contribution is 5.87. The van der Waals surface area contributed by atoms with Crippen LogP contribution in [0.4, 0.5) is 0 Å². The van der Waals surface area contributed by atoms with Crippen LogP contribution < -0.4 is 16.8 Å². The van der Waals surface area contributed by atoms with Crippen LogP contribution in [0.3, 0.4) is 0 Å². The van der Waals surface area contributed by atoms with Gasteiger partial charge < -0.3 is 21.9 Å². The Balaban J connectivity index is 3.97. The highest BCUT2D eigenvalue weighted by Crippen LogP contribution is 2.25. The molecule has 0 aromatic heterocycles. The SMILES string of the molecule is CC(C)(CCNC(=O)C(N)CC(N)=O)CCC(=O)O. The topological polar surface area (TPSA) is 136 Å². The number of carboxylic acid groups (broad SMARTS) is 1. The summed E-state index contributed by atoms with van der Waals surface area (Å²) in [6, 6.07) is -0.931. The first-order valence-corrected chi connectivity index (χ1v) is 6.17. The van der Waals surface area contributed by atoms with Gasteiger partial charge in [-0.1, -0.05) is 13.8 Å². The van der Waals surface area contributed by atoms with Gasteiger partial charge in [-0.3, -0.25) is 14.4 Å². The fourth-order valence-corrected chi connectivity index (χ4v) is 1.53. The molecule has 0 aromatic rings. The molecule has 110 valence electrons. The van der Waals surface area contributed by atoms with E-state index in [-0.39, 0.29) is 18.3 Å². The second kappa shape index (κ2) is 7.73. The molecule has 0 radical (unpaired) electrons. The lowest BCUT2D eigenvalue weighted by atomic mass is 9.84. The van der Waals surface area contributed by atoms with Gasteiger partial charge in [0.05, 0.1) is 12.5 Å². The number of rotatable bonds is 9. The summed E-state index contributed by atoms with van der Waals surface area (Å²) in [5.74, 6) is -1.88. The lowest BCUT2D eigenvalue weighted by Gasteiger charge is -2.24. The Labute approximate surface area is 112 Å². The summed E-state index contributed by atoms with van der Waals surface area (Å²) in [4.78, 5) is 32.6. The molecule has 1 atom stereocenters. The van der Waals surface area contributed by atoms with Crippen LogP contribution >= 0.6 is 0 Å². The molecule has 0 saturated heterocycles. The molecule has 0 aromatic carbocycles. The predicted octanol–water partition coefficient (Wildman–Crippen LogP) is -0.414. The summed E-state index contributed by atoms with van der Waals surface area (Å²) >= 11 is 0. The van der Waals surface area contributed by atoms with Gasteiger partial charge in [0.1, 0.15) is 0 Å². The first-order chi connectivity index (χ1) is 8.64. The number of carboxylic acids is 1. The Hall–Kier alpha value is -1.63. The van der Waals surface area contributed by atoms with E-state index < -0.39 is 23.8 Å². The number of primary amides is 1. The molecule has 7 nitrogen and oxygen atoms in total. The van der Waals surface area contributed by atoms with E-state index in [1.54, 1.807) is 0 Å². The summed E-state index contributed by atoms with van der Waals surface area (Å²) in [5.41, 5.74) is 10.2. The molecule has 7 heteroatoms. The predicted molar refractivity (Wildman–Crippen MR) is 70.1 cm³/mol. The summed E-state index contributed by atoms with van der Waals surface area (Å²) in [6.45, 7) is 4.26. The normalized spacial score (nSPS) is 12.8. The van der Waals surface area contributed by atoms with Gasteiger partial charge in [-0.15, -0.1) is 0 Å². The van der Waals surface area contributed by atoms with Gasteiger partial charge in [-0.25, -0.2) is 0 Å². The van der Waals surface area contributed by atoms with E-state index in [1.165, 1.54) is 0 Å². The third kappa shape index (κ3) is 9.01. The van der Waals surface area contributed by atoms with Crippen molar-refractivity contribution in [1.82, 2.24) is 5.32 Å². The molecule has 0 rings (SSSR count). The molecule has 0 saturated carbocycles. The number of carbonyl (C=O) groups is 3. The summed E-state index contributed by atoms with van der Waals surface area (Å²) in [6.07, 6.45) is 1.08. The highest BCUT2D eigenvalue weighted by atomic mass is 16.4. The molecule has 0 aliphatic rings. The lowest BCUT2D eigenvalue weighted by molar-refractivity contribution is -0.137. The zero-order valence-electron chi connectivity index (χ0n) is 11.4. The third-order valence-electron chi connectivity index (χ3n) is 2.87. The van der Waals surface area contributed by atoms with Gasteiger partial charge in [-0.05, 0) is 18.3 Å². The molecule has 0 aliphatic heterocycles. The Morgan fingerprint density at radius 1 is 1.26 bits per heavy atom. The molecule has 0 heterocycles. The highest BCUT2D eigenvalue weighted by Gasteiger charge is 2.20. The van der Waals surface area contributed by atoms with Crippen LogP contribution in [0.25, 0.3) is 0 Å². The smallest absolute Gasteiger partial charge is 0.303 e. The monoisotopic (exact) mass is 273 g/mol. The van der Waals surface area contributed by atoms with Crippen LogP contribution in [0.5, 0.6) is 0 Å². The summed E-state index contributed by atoms with van der Waals surface area (Å²) < 4.78 is 0. The van der Waals surface area contributed by atoms with Crippen molar-refractivity contribution < 1.29 is 19.5 Å². The van der Waals surface area contributed by atoms with Crippen molar-refractivity contribution in [3.63, 3.8) is 0 Å². The van der Waals surface area contributed by atoms with Crippen molar-refractivity contribution in [1.29, 1.82) is 0 Å².